The molecule has 0 heterocycles. The van der Waals surface area contributed by atoms with Crippen LogP contribution in [-0.2, 0) is 9.59 Å². The van der Waals surface area contributed by atoms with Gasteiger partial charge in [-0.15, -0.1) is 11.8 Å². The number of thioether (sulfide) groups is 1. The minimum Gasteiger partial charge on any atom is -0.497 e. The second kappa shape index (κ2) is 5.75. The Kier molecular flexibility index (Phi) is 4.62. The number of allylic oxidation sites excluding steroid dienone is 1. The first-order chi connectivity index (χ1) is 7.63. The van der Waals surface area contributed by atoms with Crippen LogP contribution in [0.1, 0.15) is 5.56 Å². The number of methoxy groups -OCH3 is 1. The Morgan fingerprint density at radius 2 is 2.19 bits per heavy atom. The standard InChI is InChI=1S/C11H9ClO3S/c1-15-7-3-4-8(10(5-7)16-2)9(6-13)11(12)14/h3-5H,1-2H3. The zero-order chi connectivity index (χ0) is 12.1. The van der Waals surface area contributed by atoms with Crippen molar-refractivity contribution in [3.05, 3.63) is 23.8 Å². The first-order valence-corrected chi connectivity index (χ1v) is 5.91. The molecule has 0 N–H and O–H groups in total. The van der Waals surface area contributed by atoms with Crippen LogP contribution in [0.15, 0.2) is 23.1 Å². The van der Waals surface area contributed by atoms with Gasteiger partial charge in [0.05, 0.1) is 7.11 Å². The van der Waals surface area contributed by atoms with E-state index in [1.807, 2.05) is 6.26 Å². The number of carbonyl (C=O) groups excluding carboxylic acids is 2. The van der Waals surface area contributed by atoms with Gasteiger partial charge in [-0.2, -0.15) is 0 Å². The third kappa shape index (κ3) is 2.67. The van der Waals surface area contributed by atoms with E-state index in [2.05, 4.69) is 0 Å². The van der Waals surface area contributed by atoms with Crippen molar-refractivity contribution < 1.29 is 14.3 Å². The molecule has 0 unspecified atom stereocenters. The van der Waals surface area contributed by atoms with Crippen LogP contribution in [-0.4, -0.2) is 24.5 Å². The molecule has 1 rings (SSSR count). The molecule has 1 aromatic rings. The lowest BCUT2D eigenvalue weighted by Gasteiger charge is -2.07. The summed E-state index contributed by atoms with van der Waals surface area (Å²) in [6.45, 7) is 0. The number of hydrogen-bond donors (Lipinski definition) is 0. The van der Waals surface area contributed by atoms with Gasteiger partial charge in [-0.1, -0.05) is 0 Å². The summed E-state index contributed by atoms with van der Waals surface area (Å²) in [5.74, 6) is 2.21. The van der Waals surface area contributed by atoms with Crippen LogP contribution in [0.5, 0.6) is 5.75 Å². The third-order valence-corrected chi connectivity index (χ3v) is 2.94. The molecule has 0 aliphatic rings. The van der Waals surface area contributed by atoms with Gasteiger partial charge < -0.3 is 4.74 Å². The zero-order valence-corrected chi connectivity index (χ0v) is 10.3. The predicted molar refractivity (Wildman–Crippen MR) is 64.7 cm³/mol. The van der Waals surface area contributed by atoms with E-state index in [1.54, 1.807) is 31.3 Å². The largest absolute Gasteiger partial charge is 0.497 e. The molecule has 0 atom stereocenters. The van der Waals surface area contributed by atoms with Gasteiger partial charge in [0.15, 0.2) is 0 Å². The van der Waals surface area contributed by atoms with Crippen LogP contribution in [0, 0.1) is 0 Å². The lowest BCUT2D eigenvalue weighted by Crippen LogP contribution is -1.97. The monoisotopic (exact) mass is 256 g/mol. The summed E-state index contributed by atoms with van der Waals surface area (Å²) in [5, 5.41) is -0.810. The van der Waals surface area contributed by atoms with E-state index in [0.717, 1.165) is 4.90 Å². The summed E-state index contributed by atoms with van der Waals surface area (Å²) in [5.41, 5.74) is 0.317. The van der Waals surface area contributed by atoms with Crippen molar-refractivity contribution in [2.75, 3.05) is 13.4 Å². The molecule has 0 saturated heterocycles. The van der Waals surface area contributed by atoms with E-state index >= 15 is 0 Å². The molecule has 84 valence electrons. The molecule has 5 heteroatoms. The van der Waals surface area contributed by atoms with Gasteiger partial charge in [0.25, 0.3) is 5.24 Å². The van der Waals surface area contributed by atoms with Crippen LogP contribution in [0.25, 0.3) is 5.57 Å². The molecule has 0 radical (unpaired) electrons. The first-order valence-electron chi connectivity index (χ1n) is 4.31. The minimum absolute atomic E-state index is 0.159. The van der Waals surface area contributed by atoms with Crippen molar-refractivity contribution in [2.45, 2.75) is 4.90 Å². The molecule has 0 saturated carbocycles. The summed E-state index contributed by atoms with van der Waals surface area (Å²) in [6.07, 6.45) is 1.83. The highest BCUT2D eigenvalue weighted by Gasteiger charge is 2.15. The van der Waals surface area contributed by atoms with Crippen molar-refractivity contribution in [1.29, 1.82) is 0 Å². The van der Waals surface area contributed by atoms with Crippen molar-refractivity contribution >= 4 is 40.1 Å². The fraction of sp³-hybridized carbons (Fsp3) is 0.182. The van der Waals surface area contributed by atoms with E-state index in [-0.39, 0.29) is 5.57 Å². The molecule has 0 aliphatic heterocycles. The number of benzene rings is 1. The van der Waals surface area contributed by atoms with Crippen LogP contribution in [0.4, 0.5) is 0 Å². The number of carbonyl (C=O) groups is 1. The normalized spacial score (nSPS) is 9.44. The highest BCUT2D eigenvalue weighted by molar-refractivity contribution is 7.98. The van der Waals surface area contributed by atoms with E-state index in [4.69, 9.17) is 16.3 Å². The van der Waals surface area contributed by atoms with Crippen molar-refractivity contribution in [2.24, 2.45) is 0 Å². The van der Waals surface area contributed by atoms with Crippen molar-refractivity contribution in [3.8, 4) is 5.75 Å². The number of ether oxygens (including phenoxy) is 1. The summed E-state index contributed by atoms with van der Waals surface area (Å²) in [4.78, 5) is 22.4. The predicted octanol–water partition coefficient (Wildman–Crippen LogP) is 2.40. The van der Waals surface area contributed by atoms with Crippen LogP contribution in [0.3, 0.4) is 0 Å². The molecule has 0 bridgehead atoms. The molecule has 0 aromatic heterocycles. The molecule has 3 nitrogen and oxygen atoms in total. The SMILES string of the molecule is COc1ccc(C(=C=O)C(=O)Cl)c(SC)c1. The molecule has 16 heavy (non-hydrogen) atoms. The maximum absolute atomic E-state index is 11.0. The van der Waals surface area contributed by atoms with Gasteiger partial charge in [0.1, 0.15) is 17.3 Å². The number of halogens is 1. The zero-order valence-electron chi connectivity index (χ0n) is 8.74. The topological polar surface area (TPSA) is 43.4 Å². The lowest BCUT2D eigenvalue weighted by atomic mass is 10.1. The fourth-order valence-electron chi connectivity index (χ4n) is 1.21. The van der Waals surface area contributed by atoms with E-state index in [1.165, 1.54) is 11.8 Å². The van der Waals surface area contributed by atoms with Gasteiger partial charge in [0, 0.05) is 10.5 Å². The second-order valence-electron chi connectivity index (χ2n) is 2.82. The Labute approximate surface area is 102 Å². The Morgan fingerprint density at radius 1 is 1.50 bits per heavy atom. The van der Waals surface area contributed by atoms with Crippen LogP contribution in [0.2, 0.25) is 0 Å². The summed E-state index contributed by atoms with van der Waals surface area (Å²) >= 11 is 6.70. The smallest absolute Gasteiger partial charge is 0.264 e. The van der Waals surface area contributed by atoms with Crippen molar-refractivity contribution in [3.63, 3.8) is 0 Å². The van der Waals surface area contributed by atoms with Crippen molar-refractivity contribution in [1.82, 2.24) is 0 Å². The number of rotatable bonds is 4. The maximum atomic E-state index is 11.0. The molecular formula is C11H9ClO3S. The van der Waals surface area contributed by atoms with E-state index in [0.29, 0.717) is 11.3 Å². The highest BCUT2D eigenvalue weighted by atomic mass is 35.5. The minimum atomic E-state index is -0.810. The summed E-state index contributed by atoms with van der Waals surface area (Å²) < 4.78 is 5.05. The van der Waals surface area contributed by atoms with Gasteiger partial charge in [-0.05, 0) is 36.1 Å². The molecule has 0 amide bonds. The van der Waals surface area contributed by atoms with Crippen LogP contribution >= 0.6 is 23.4 Å². The maximum Gasteiger partial charge on any atom is 0.264 e. The Bertz CT molecular complexity index is 464. The summed E-state index contributed by atoms with van der Waals surface area (Å²) in [6, 6.07) is 5.01. The lowest BCUT2D eigenvalue weighted by molar-refractivity contribution is -0.106. The quantitative estimate of drug-likeness (QED) is 0.359. The van der Waals surface area contributed by atoms with Gasteiger partial charge >= 0.3 is 0 Å². The summed E-state index contributed by atoms with van der Waals surface area (Å²) in [7, 11) is 1.54. The first kappa shape index (κ1) is 12.8. The molecule has 0 aliphatic carbocycles. The fourth-order valence-corrected chi connectivity index (χ4v) is 1.97. The molecule has 0 spiro atoms. The molecular weight excluding hydrogens is 248 g/mol. The number of hydrogen-bond acceptors (Lipinski definition) is 4. The Morgan fingerprint density at radius 3 is 2.62 bits per heavy atom. The third-order valence-electron chi connectivity index (χ3n) is 1.98. The van der Waals surface area contributed by atoms with Gasteiger partial charge in [0.2, 0.25) is 0 Å². The van der Waals surface area contributed by atoms with Gasteiger partial charge in [-0.3, -0.25) is 4.79 Å². The van der Waals surface area contributed by atoms with E-state index in [9.17, 15) is 9.59 Å². The Balaban J connectivity index is 3.33. The highest BCUT2D eigenvalue weighted by Crippen LogP contribution is 2.30. The average molecular weight is 257 g/mol. The van der Waals surface area contributed by atoms with Gasteiger partial charge in [-0.25, -0.2) is 4.79 Å². The van der Waals surface area contributed by atoms with Crippen LogP contribution < -0.4 is 4.74 Å². The molecule has 1 aromatic carbocycles. The average Bonchev–Trinajstić information content (AvgIpc) is 2.29. The van der Waals surface area contributed by atoms with E-state index < -0.39 is 5.24 Å². The second-order valence-corrected chi connectivity index (χ2v) is 4.01. The Hall–Kier alpha value is -1.22. The molecule has 0 fully saturated rings.